The first-order chi connectivity index (χ1) is 6.70. The fourth-order valence-corrected chi connectivity index (χ4v) is 2.39. The molecule has 3 heteroatoms. The lowest BCUT2D eigenvalue weighted by atomic mass is 9.89. The van der Waals surface area contributed by atoms with E-state index in [1.54, 1.807) is 6.92 Å². The second-order valence-corrected chi connectivity index (χ2v) is 3.96. The summed E-state index contributed by atoms with van der Waals surface area (Å²) in [5.74, 6) is 0.173. The van der Waals surface area contributed by atoms with Crippen molar-refractivity contribution in [2.45, 2.75) is 45.6 Å². The van der Waals surface area contributed by atoms with Crippen LogP contribution in [-0.4, -0.2) is 23.8 Å². The number of carbonyl (C=O) groups excluding carboxylic acids is 1. The molecule has 3 atom stereocenters. The molecule has 3 nitrogen and oxygen atoms in total. The summed E-state index contributed by atoms with van der Waals surface area (Å²) in [6.07, 6.45) is 3.36. The number of rotatable bonds is 4. The molecular formula is C11H20O3. The summed E-state index contributed by atoms with van der Waals surface area (Å²) in [6.45, 7) is 4.22. The van der Waals surface area contributed by atoms with Gasteiger partial charge in [-0.3, -0.25) is 0 Å². The maximum absolute atomic E-state index is 11.3. The van der Waals surface area contributed by atoms with Crippen molar-refractivity contribution in [2.75, 3.05) is 6.61 Å². The number of carbonyl (C=O) groups is 1. The highest BCUT2D eigenvalue weighted by molar-refractivity contribution is 5.74. The van der Waals surface area contributed by atoms with Gasteiger partial charge in [0.1, 0.15) is 0 Å². The third-order valence-corrected chi connectivity index (χ3v) is 3.18. The first-order valence-corrected chi connectivity index (χ1v) is 5.55. The molecule has 0 aromatic carbocycles. The Morgan fingerprint density at radius 2 is 2.21 bits per heavy atom. The van der Waals surface area contributed by atoms with E-state index >= 15 is 0 Å². The van der Waals surface area contributed by atoms with Crippen LogP contribution in [0.15, 0.2) is 0 Å². The van der Waals surface area contributed by atoms with Crippen LogP contribution in [0, 0.1) is 11.8 Å². The van der Waals surface area contributed by atoms with Crippen molar-refractivity contribution in [2.24, 2.45) is 11.8 Å². The Kier molecular flexibility index (Phi) is 4.39. The summed E-state index contributed by atoms with van der Waals surface area (Å²) in [4.78, 5) is 11.3. The van der Waals surface area contributed by atoms with Crippen molar-refractivity contribution in [1.29, 1.82) is 0 Å². The van der Waals surface area contributed by atoms with Crippen molar-refractivity contribution in [3.63, 3.8) is 0 Å². The first kappa shape index (κ1) is 11.5. The SMILES string of the molecule is CCOC(=O)C(O)C1CCCC1CC. The monoisotopic (exact) mass is 200 g/mol. The van der Waals surface area contributed by atoms with Gasteiger partial charge in [-0.25, -0.2) is 4.79 Å². The standard InChI is InChI=1S/C11H20O3/c1-3-8-6-5-7-9(8)10(12)11(13)14-4-2/h8-10,12H,3-7H2,1-2H3. The fraction of sp³-hybridized carbons (Fsp3) is 0.909. The Morgan fingerprint density at radius 1 is 1.50 bits per heavy atom. The van der Waals surface area contributed by atoms with Crippen molar-refractivity contribution in [1.82, 2.24) is 0 Å². The van der Waals surface area contributed by atoms with E-state index in [0.717, 1.165) is 25.7 Å². The maximum atomic E-state index is 11.3. The summed E-state index contributed by atoms with van der Waals surface area (Å²) in [5.41, 5.74) is 0. The number of hydrogen-bond donors (Lipinski definition) is 1. The Morgan fingerprint density at radius 3 is 2.79 bits per heavy atom. The molecule has 1 aliphatic carbocycles. The van der Waals surface area contributed by atoms with Gasteiger partial charge < -0.3 is 9.84 Å². The Hall–Kier alpha value is -0.570. The minimum Gasteiger partial charge on any atom is -0.464 e. The molecule has 1 saturated carbocycles. The van der Waals surface area contributed by atoms with Gasteiger partial charge in [0.15, 0.2) is 6.10 Å². The minimum atomic E-state index is -0.901. The zero-order chi connectivity index (χ0) is 10.6. The van der Waals surface area contributed by atoms with Crippen molar-refractivity contribution >= 4 is 5.97 Å². The van der Waals surface area contributed by atoms with E-state index in [1.165, 1.54) is 0 Å². The highest BCUT2D eigenvalue weighted by atomic mass is 16.5. The molecule has 14 heavy (non-hydrogen) atoms. The van der Waals surface area contributed by atoms with Crippen LogP contribution in [0.4, 0.5) is 0 Å². The Bertz CT molecular complexity index is 191. The number of aliphatic hydroxyl groups excluding tert-OH is 1. The van der Waals surface area contributed by atoms with Gasteiger partial charge in [-0.2, -0.15) is 0 Å². The van der Waals surface area contributed by atoms with E-state index in [2.05, 4.69) is 6.92 Å². The van der Waals surface area contributed by atoms with Gasteiger partial charge in [-0.1, -0.05) is 26.2 Å². The molecule has 1 aliphatic rings. The van der Waals surface area contributed by atoms with Crippen molar-refractivity contribution < 1.29 is 14.6 Å². The third kappa shape index (κ3) is 2.47. The Balaban J connectivity index is 2.50. The van der Waals surface area contributed by atoms with Gasteiger partial charge in [0.25, 0.3) is 0 Å². The molecule has 1 N–H and O–H groups in total. The number of esters is 1. The van der Waals surface area contributed by atoms with Gasteiger partial charge in [0.05, 0.1) is 6.61 Å². The Labute approximate surface area is 85.5 Å². The molecule has 0 radical (unpaired) electrons. The molecule has 3 unspecified atom stereocenters. The van der Waals surface area contributed by atoms with E-state index in [-0.39, 0.29) is 5.92 Å². The largest absolute Gasteiger partial charge is 0.464 e. The van der Waals surface area contributed by atoms with Crippen molar-refractivity contribution in [3.05, 3.63) is 0 Å². The normalized spacial score (nSPS) is 28.8. The molecular weight excluding hydrogens is 180 g/mol. The minimum absolute atomic E-state index is 0.124. The summed E-state index contributed by atoms with van der Waals surface area (Å²) in [5, 5.41) is 9.78. The van der Waals surface area contributed by atoms with Crippen molar-refractivity contribution in [3.8, 4) is 0 Å². The van der Waals surface area contributed by atoms with Gasteiger partial charge in [0, 0.05) is 0 Å². The lowest BCUT2D eigenvalue weighted by Gasteiger charge is -2.22. The lowest BCUT2D eigenvalue weighted by Crippen LogP contribution is -2.33. The van der Waals surface area contributed by atoms with E-state index in [9.17, 15) is 9.90 Å². The van der Waals surface area contributed by atoms with Crippen LogP contribution < -0.4 is 0 Å². The zero-order valence-electron chi connectivity index (χ0n) is 9.03. The number of aliphatic hydroxyl groups is 1. The summed E-state index contributed by atoms with van der Waals surface area (Å²) >= 11 is 0. The van der Waals surface area contributed by atoms with E-state index < -0.39 is 12.1 Å². The summed E-state index contributed by atoms with van der Waals surface area (Å²) in [6, 6.07) is 0. The molecule has 1 fully saturated rings. The molecule has 0 bridgehead atoms. The average molecular weight is 200 g/mol. The topological polar surface area (TPSA) is 46.5 Å². The van der Waals surface area contributed by atoms with E-state index in [1.807, 2.05) is 0 Å². The number of ether oxygens (including phenoxy) is 1. The molecule has 82 valence electrons. The zero-order valence-corrected chi connectivity index (χ0v) is 9.03. The highest BCUT2D eigenvalue weighted by Crippen LogP contribution is 2.36. The third-order valence-electron chi connectivity index (χ3n) is 3.18. The molecule has 0 aliphatic heterocycles. The van der Waals surface area contributed by atoms with Gasteiger partial charge in [0.2, 0.25) is 0 Å². The summed E-state index contributed by atoms with van der Waals surface area (Å²) < 4.78 is 4.82. The second-order valence-electron chi connectivity index (χ2n) is 3.96. The van der Waals surface area contributed by atoms with E-state index in [4.69, 9.17) is 4.74 Å². The molecule has 0 heterocycles. The molecule has 1 rings (SSSR count). The molecule has 0 aromatic heterocycles. The van der Waals surface area contributed by atoms with Gasteiger partial charge in [-0.15, -0.1) is 0 Å². The predicted octanol–water partition coefficient (Wildman–Crippen LogP) is 1.74. The van der Waals surface area contributed by atoms with Crippen LogP contribution in [0.1, 0.15) is 39.5 Å². The van der Waals surface area contributed by atoms with Crippen LogP contribution in [0.3, 0.4) is 0 Å². The van der Waals surface area contributed by atoms with Crippen LogP contribution in [-0.2, 0) is 9.53 Å². The second kappa shape index (κ2) is 5.35. The maximum Gasteiger partial charge on any atom is 0.335 e. The van der Waals surface area contributed by atoms with Crippen LogP contribution >= 0.6 is 0 Å². The molecule has 0 spiro atoms. The smallest absolute Gasteiger partial charge is 0.335 e. The van der Waals surface area contributed by atoms with Crippen LogP contribution in [0.25, 0.3) is 0 Å². The average Bonchev–Trinajstić information content (AvgIpc) is 2.64. The van der Waals surface area contributed by atoms with E-state index in [0.29, 0.717) is 12.5 Å². The molecule has 0 saturated heterocycles. The highest BCUT2D eigenvalue weighted by Gasteiger charge is 2.35. The fourth-order valence-electron chi connectivity index (χ4n) is 2.39. The van der Waals surface area contributed by atoms with Crippen LogP contribution in [0.2, 0.25) is 0 Å². The van der Waals surface area contributed by atoms with Gasteiger partial charge in [-0.05, 0) is 25.2 Å². The lowest BCUT2D eigenvalue weighted by molar-refractivity contribution is -0.156. The first-order valence-electron chi connectivity index (χ1n) is 5.55. The summed E-state index contributed by atoms with van der Waals surface area (Å²) in [7, 11) is 0. The van der Waals surface area contributed by atoms with Crippen LogP contribution in [0.5, 0.6) is 0 Å². The predicted molar refractivity (Wildman–Crippen MR) is 53.8 cm³/mol. The molecule has 0 amide bonds. The molecule has 0 aromatic rings. The number of hydrogen-bond acceptors (Lipinski definition) is 3. The van der Waals surface area contributed by atoms with Gasteiger partial charge >= 0.3 is 5.97 Å². The quantitative estimate of drug-likeness (QED) is 0.703.